The number of rotatable bonds is 6. The Kier molecular flexibility index (Phi) is 6.00. The highest BCUT2D eigenvalue weighted by Gasteiger charge is 2.24. The number of Topliss-reactive ketones (excluding diaryl/α,β-unsaturated/α-hetero) is 1. The maximum atomic E-state index is 13.3. The molecule has 1 aromatic heterocycles. The molecular formula is C18H25FN4OS. The summed E-state index contributed by atoms with van der Waals surface area (Å²) in [6, 6.07) is 6.23. The second kappa shape index (κ2) is 7.66. The predicted molar refractivity (Wildman–Crippen MR) is 98.6 cm³/mol. The Balaban J connectivity index is 2.40. The second-order valence-electron chi connectivity index (χ2n) is 7.25. The molecule has 0 spiro atoms. The minimum atomic E-state index is -0.395. The molecule has 0 saturated heterocycles. The molecule has 0 aliphatic carbocycles. The van der Waals surface area contributed by atoms with Gasteiger partial charge in [0.2, 0.25) is 0 Å². The van der Waals surface area contributed by atoms with E-state index in [4.69, 9.17) is 0 Å². The standard InChI is InChI=1S/C18H25FN4OS/c1-12(22(5)6)16-20-21-17(25-11-15(24)18(2,3)4)23(16)14-9-7-13(19)8-10-14/h7-10,12H,11H2,1-6H3/t12-/m0/s1. The van der Waals surface area contributed by atoms with E-state index >= 15 is 0 Å². The van der Waals surface area contributed by atoms with Crippen molar-refractivity contribution < 1.29 is 9.18 Å². The third-order valence-corrected chi connectivity index (χ3v) is 4.99. The zero-order valence-electron chi connectivity index (χ0n) is 15.6. The lowest BCUT2D eigenvalue weighted by atomic mass is 9.92. The number of carbonyl (C=O) groups is 1. The summed E-state index contributed by atoms with van der Waals surface area (Å²) in [6.07, 6.45) is 0. The largest absolute Gasteiger partial charge is 0.300 e. The number of hydrogen-bond donors (Lipinski definition) is 0. The quantitative estimate of drug-likeness (QED) is 0.731. The van der Waals surface area contributed by atoms with Gasteiger partial charge in [0.25, 0.3) is 0 Å². The summed E-state index contributed by atoms with van der Waals surface area (Å²) in [4.78, 5) is 14.3. The van der Waals surface area contributed by atoms with Gasteiger partial charge in [-0.15, -0.1) is 10.2 Å². The van der Waals surface area contributed by atoms with Crippen LogP contribution < -0.4 is 0 Å². The Morgan fingerprint density at radius 3 is 2.36 bits per heavy atom. The van der Waals surface area contributed by atoms with Crippen molar-refractivity contribution in [2.45, 2.75) is 38.9 Å². The van der Waals surface area contributed by atoms with Crippen molar-refractivity contribution >= 4 is 17.5 Å². The molecule has 0 N–H and O–H groups in total. The third kappa shape index (κ3) is 4.67. The van der Waals surface area contributed by atoms with Crippen molar-refractivity contribution in [3.05, 3.63) is 35.9 Å². The molecule has 0 amide bonds. The first-order valence-electron chi connectivity index (χ1n) is 8.15. The van der Waals surface area contributed by atoms with Crippen molar-refractivity contribution in [1.29, 1.82) is 0 Å². The lowest BCUT2D eigenvalue weighted by Crippen LogP contribution is -2.22. The minimum Gasteiger partial charge on any atom is -0.300 e. The zero-order valence-corrected chi connectivity index (χ0v) is 16.4. The number of halogens is 1. The van der Waals surface area contributed by atoms with Crippen molar-refractivity contribution in [1.82, 2.24) is 19.7 Å². The average molecular weight is 364 g/mol. The SMILES string of the molecule is C[C@@H](c1nnc(SCC(=O)C(C)(C)C)n1-c1ccc(F)cc1)N(C)C. The highest BCUT2D eigenvalue weighted by atomic mass is 32.2. The van der Waals surface area contributed by atoms with E-state index in [0.717, 1.165) is 11.5 Å². The number of hydrogen-bond acceptors (Lipinski definition) is 5. The number of thioether (sulfide) groups is 1. The Hall–Kier alpha value is -1.73. The van der Waals surface area contributed by atoms with E-state index in [1.54, 1.807) is 12.1 Å². The van der Waals surface area contributed by atoms with Crippen LogP contribution in [0.5, 0.6) is 0 Å². The molecule has 0 unspecified atom stereocenters. The molecule has 2 aromatic rings. The Bertz CT molecular complexity index is 735. The molecule has 0 saturated carbocycles. The van der Waals surface area contributed by atoms with Crippen molar-refractivity contribution in [2.75, 3.05) is 19.8 Å². The van der Waals surface area contributed by atoms with Gasteiger partial charge in [0.15, 0.2) is 11.0 Å². The third-order valence-electron chi connectivity index (χ3n) is 4.06. The van der Waals surface area contributed by atoms with Crippen LogP contribution in [-0.2, 0) is 4.79 Å². The topological polar surface area (TPSA) is 51.0 Å². The molecule has 2 rings (SSSR count). The van der Waals surface area contributed by atoms with Crippen LogP contribution in [0.3, 0.4) is 0 Å². The van der Waals surface area contributed by atoms with E-state index in [1.807, 2.05) is 51.3 Å². The van der Waals surface area contributed by atoms with E-state index in [9.17, 15) is 9.18 Å². The summed E-state index contributed by atoms with van der Waals surface area (Å²) >= 11 is 1.36. The van der Waals surface area contributed by atoms with Gasteiger partial charge in [-0.1, -0.05) is 32.5 Å². The van der Waals surface area contributed by atoms with Crippen LogP contribution in [0.4, 0.5) is 4.39 Å². The van der Waals surface area contributed by atoms with Gasteiger partial charge in [-0.05, 0) is 45.3 Å². The van der Waals surface area contributed by atoms with E-state index in [1.165, 1.54) is 23.9 Å². The van der Waals surface area contributed by atoms with Crippen LogP contribution in [0.1, 0.15) is 39.6 Å². The van der Waals surface area contributed by atoms with Crippen LogP contribution in [0.15, 0.2) is 29.4 Å². The fourth-order valence-electron chi connectivity index (χ4n) is 2.06. The maximum Gasteiger partial charge on any atom is 0.196 e. The molecule has 0 aliphatic rings. The smallest absolute Gasteiger partial charge is 0.196 e. The second-order valence-corrected chi connectivity index (χ2v) is 8.20. The first-order valence-corrected chi connectivity index (χ1v) is 9.13. The van der Waals surface area contributed by atoms with Gasteiger partial charge in [0.05, 0.1) is 11.8 Å². The molecule has 0 radical (unpaired) electrons. The molecular weight excluding hydrogens is 339 g/mol. The number of carbonyl (C=O) groups excluding carboxylic acids is 1. The lowest BCUT2D eigenvalue weighted by Gasteiger charge is -2.20. The van der Waals surface area contributed by atoms with Gasteiger partial charge >= 0.3 is 0 Å². The number of nitrogens with zero attached hydrogens (tertiary/aromatic N) is 4. The Morgan fingerprint density at radius 2 is 1.84 bits per heavy atom. The highest BCUT2D eigenvalue weighted by Crippen LogP contribution is 2.28. The van der Waals surface area contributed by atoms with E-state index in [2.05, 4.69) is 10.2 Å². The van der Waals surface area contributed by atoms with Crippen molar-refractivity contribution in [3.63, 3.8) is 0 Å². The number of ketones is 1. The van der Waals surface area contributed by atoms with Gasteiger partial charge in [-0.2, -0.15) is 0 Å². The summed E-state index contributed by atoms with van der Waals surface area (Å²) in [5.41, 5.74) is 0.383. The van der Waals surface area contributed by atoms with Crippen LogP contribution in [-0.4, -0.2) is 45.3 Å². The molecule has 1 heterocycles. The monoisotopic (exact) mass is 364 g/mol. The summed E-state index contributed by atoms with van der Waals surface area (Å²) in [6.45, 7) is 7.74. The molecule has 1 atom stereocenters. The minimum absolute atomic E-state index is 0.0187. The van der Waals surface area contributed by atoms with Crippen molar-refractivity contribution in [2.24, 2.45) is 5.41 Å². The number of benzene rings is 1. The van der Waals surface area contributed by atoms with E-state index in [-0.39, 0.29) is 17.6 Å². The fraction of sp³-hybridized carbons (Fsp3) is 0.500. The summed E-state index contributed by atoms with van der Waals surface area (Å²) in [5, 5.41) is 9.23. The molecule has 1 aromatic carbocycles. The Morgan fingerprint density at radius 1 is 1.24 bits per heavy atom. The molecule has 0 fully saturated rings. The lowest BCUT2D eigenvalue weighted by molar-refractivity contribution is -0.123. The normalized spacial score (nSPS) is 13.3. The molecule has 0 aliphatic heterocycles. The van der Waals surface area contributed by atoms with Gasteiger partial charge in [0, 0.05) is 11.1 Å². The molecule has 25 heavy (non-hydrogen) atoms. The van der Waals surface area contributed by atoms with Crippen molar-refractivity contribution in [3.8, 4) is 5.69 Å². The maximum absolute atomic E-state index is 13.3. The summed E-state index contributed by atoms with van der Waals surface area (Å²) < 4.78 is 15.2. The van der Waals surface area contributed by atoms with Crippen LogP contribution in [0.2, 0.25) is 0 Å². The van der Waals surface area contributed by atoms with Gasteiger partial charge in [0.1, 0.15) is 11.6 Å². The van der Waals surface area contributed by atoms with E-state index in [0.29, 0.717) is 10.9 Å². The highest BCUT2D eigenvalue weighted by molar-refractivity contribution is 7.99. The molecule has 0 bridgehead atoms. The molecule has 136 valence electrons. The first-order chi connectivity index (χ1) is 11.6. The van der Waals surface area contributed by atoms with Crippen LogP contribution in [0.25, 0.3) is 5.69 Å². The summed E-state index contributed by atoms with van der Waals surface area (Å²) in [5.74, 6) is 0.922. The van der Waals surface area contributed by atoms with Crippen LogP contribution in [0, 0.1) is 11.2 Å². The van der Waals surface area contributed by atoms with Gasteiger partial charge < -0.3 is 0 Å². The predicted octanol–water partition coefficient (Wildman–Crippen LogP) is 3.74. The zero-order chi connectivity index (χ0) is 18.8. The number of aromatic nitrogens is 3. The fourth-order valence-corrected chi connectivity index (χ4v) is 3.18. The molecule has 7 heteroatoms. The van der Waals surface area contributed by atoms with Gasteiger partial charge in [-0.25, -0.2) is 4.39 Å². The summed E-state index contributed by atoms with van der Waals surface area (Å²) in [7, 11) is 3.93. The van der Waals surface area contributed by atoms with Gasteiger partial charge in [-0.3, -0.25) is 14.3 Å². The molecule has 5 nitrogen and oxygen atoms in total. The first kappa shape index (κ1) is 19.6. The van der Waals surface area contributed by atoms with E-state index < -0.39 is 5.41 Å². The average Bonchev–Trinajstić information content (AvgIpc) is 2.95. The van der Waals surface area contributed by atoms with Crippen LogP contribution >= 0.6 is 11.8 Å². The Labute approximate surface area is 152 Å².